The topological polar surface area (TPSA) is 237 Å². The number of unbranched alkanes of at least 4 members (excludes halogenated alkanes) is 44. The molecule has 0 rings (SSSR count). The van der Waals surface area contributed by atoms with Gasteiger partial charge in [0.2, 0.25) is 0 Å². The SMILES string of the molecule is CCCCCCCCCCCCCCCCCCC(=O)OC[C@H](COP(=O)(O)OC[C@@H](O)COP(=O)(O)OC[C@@H](COC(=O)CCCCCCCCCCC)OC(=O)CCCCCCCCCCC)OC(=O)CCCCCCCCCCCCCCCCC(C)CC. The summed E-state index contributed by atoms with van der Waals surface area (Å²) in [5.41, 5.74) is 0. The minimum atomic E-state index is -4.95. The summed E-state index contributed by atoms with van der Waals surface area (Å²) in [6.07, 6.45) is 54.0. The van der Waals surface area contributed by atoms with Crippen molar-refractivity contribution >= 4 is 39.5 Å². The first-order valence-corrected chi connectivity index (χ1v) is 41.2. The highest BCUT2D eigenvalue weighted by atomic mass is 31.2. The first-order chi connectivity index (χ1) is 44.6. The maximum atomic E-state index is 13.1. The standard InChI is InChI=1S/C73H142O17P2/c1-6-10-13-16-19-22-23-24-25-26-30-33-38-42-47-52-57-71(76)84-63-69(90-73(78)59-54-49-44-39-34-31-28-27-29-32-37-40-45-50-55-66(5)9-4)65-88-92(81,82)86-61-67(74)60-85-91(79,80)87-64-68(89-72(77)58-53-48-43-36-21-18-15-12-8-3)62-83-70(75)56-51-46-41-35-20-17-14-11-7-2/h66-69,74H,6-65H2,1-5H3,(H,79,80)(H,81,82)/t66?,67-,68+,69+/m0/s1. The Balaban J connectivity index is 5.20. The van der Waals surface area contributed by atoms with Crippen LogP contribution in [0.5, 0.6) is 0 Å². The van der Waals surface area contributed by atoms with Crippen LogP contribution in [-0.2, 0) is 65.4 Å². The molecule has 0 aromatic rings. The maximum Gasteiger partial charge on any atom is 0.472 e. The number of ether oxygens (including phenoxy) is 4. The smallest absolute Gasteiger partial charge is 0.462 e. The quantitative estimate of drug-likeness (QED) is 0.0222. The molecule has 0 aliphatic carbocycles. The molecule has 0 aromatic carbocycles. The van der Waals surface area contributed by atoms with Gasteiger partial charge in [0.1, 0.15) is 19.3 Å². The van der Waals surface area contributed by atoms with Gasteiger partial charge in [-0.25, -0.2) is 9.13 Å². The summed E-state index contributed by atoms with van der Waals surface area (Å²) in [6.45, 7) is 7.29. The number of carbonyl (C=O) groups excluding carboxylic acids is 4. The van der Waals surface area contributed by atoms with Crippen molar-refractivity contribution in [3.05, 3.63) is 0 Å². The van der Waals surface area contributed by atoms with Crippen molar-refractivity contribution in [2.45, 2.75) is 400 Å². The fraction of sp³-hybridized carbons (Fsp3) is 0.945. The van der Waals surface area contributed by atoms with E-state index >= 15 is 0 Å². The molecule has 0 saturated carbocycles. The van der Waals surface area contributed by atoms with Gasteiger partial charge in [-0.05, 0) is 31.6 Å². The summed E-state index contributed by atoms with van der Waals surface area (Å²) >= 11 is 0. The minimum absolute atomic E-state index is 0.106. The summed E-state index contributed by atoms with van der Waals surface area (Å²) in [5.74, 6) is -1.27. The van der Waals surface area contributed by atoms with Crippen LogP contribution in [0.15, 0.2) is 0 Å². The predicted molar refractivity (Wildman–Crippen MR) is 372 cm³/mol. The Morgan fingerprint density at radius 2 is 0.522 bits per heavy atom. The third kappa shape index (κ3) is 65.4. The van der Waals surface area contributed by atoms with E-state index in [1.54, 1.807) is 0 Å². The van der Waals surface area contributed by atoms with E-state index in [9.17, 15) is 43.2 Å². The van der Waals surface area contributed by atoms with Gasteiger partial charge in [-0.1, -0.05) is 330 Å². The van der Waals surface area contributed by atoms with Crippen LogP contribution in [0.4, 0.5) is 0 Å². The number of phosphoric acid groups is 2. The molecule has 17 nitrogen and oxygen atoms in total. The van der Waals surface area contributed by atoms with Gasteiger partial charge in [0.15, 0.2) is 12.2 Å². The normalized spacial score (nSPS) is 14.3. The number of hydrogen-bond acceptors (Lipinski definition) is 15. The lowest BCUT2D eigenvalue weighted by Gasteiger charge is -2.21. The molecule has 0 radical (unpaired) electrons. The Morgan fingerprint density at radius 1 is 0.304 bits per heavy atom. The van der Waals surface area contributed by atoms with E-state index in [1.807, 2.05) is 0 Å². The third-order valence-electron chi connectivity index (χ3n) is 17.4. The molecular formula is C73H142O17P2. The molecule has 6 atom stereocenters. The van der Waals surface area contributed by atoms with Crippen molar-refractivity contribution in [1.29, 1.82) is 0 Å². The van der Waals surface area contributed by atoms with E-state index in [4.69, 9.17) is 37.0 Å². The number of carbonyl (C=O) groups is 4. The van der Waals surface area contributed by atoms with E-state index in [1.165, 1.54) is 205 Å². The molecule has 3 unspecified atom stereocenters. The number of phosphoric ester groups is 2. The number of aliphatic hydroxyl groups excluding tert-OH is 1. The fourth-order valence-corrected chi connectivity index (χ4v) is 12.7. The van der Waals surface area contributed by atoms with Crippen LogP contribution in [0.3, 0.4) is 0 Å². The second kappa shape index (κ2) is 66.3. The van der Waals surface area contributed by atoms with Crippen molar-refractivity contribution in [2.24, 2.45) is 5.92 Å². The Labute approximate surface area is 562 Å². The highest BCUT2D eigenvalue weighted by molar-refractivity contribution is 7.47. The Kier molecular flexibility index (Phi) is 64.9. The van der Waals surface area contributed by atoms with E-state index < -0.39 is 97.5 Å². The highest BCUT2D eigenvalue weighted by Crippen LogP contribution is 2.45. The fourth-order valence-electron chi connectivity index (χ4n) is 11.1. The zero-order valence-corrected chi connectivity index (χ0v) is 61.5. The van der Waals surface area contributed by atoms with Gasteiger partial charge in [0, 0.05) is 25.7 Å². The van der Waals surface area contributed by atoms with E-state index in [0.717, 1.165) is 95.8 Å². The van der Waals surface area contributed by atoms with Crippen LogP contribution in [-0.4, -0.2) is 96.7 Å². The van der Waals surface area contributed by atoms with Gasteiger partial charge in [0.25, 0.3) is 0 Å². The average Bonchev–Trinajstić information content (AvgIpc) is 3.67. The predicted octanol–water partition coefficient (Wildman–Crippen LogP) is 21.3. The Morgan fingerprint density at radius 3 is 0.772 bits per heavy atom. The summed E-state index contributed by atoms with van der Waals surface area (Å²) in [4.78, 5) is 72.6. The lowest BCUT2D eigenvalue weighted by Crippen LogP contribution is -2.30. The van der Waals surface area contributed by atoms with Crippen LogP contribution in [0.1, 0.15) is 381 Å². The van der Waals surface area contributed by atoms with Crippen LogP contribution >= 0.6 is 15.6 Å². The first-order valence-electron chi connectivity index (χ1n) is 38.2. The van der Waals surface area contributed by atoms with Gasteiger partial charge < -0.3 is 33.8 Å². The zero-order valence-electron chi connectivity index (χ0n) is 59.7. The molecule has 0 heterocycles. The van der Waals surface area contributed by atoms with Gasteiger partial charge in [-0.15, -0.1) is 0 Å². The van der Waals surface area contributed by atoms with Gasteiger partial charge in [-0.2, -0.15) is 0 Å². The average molecular weight is 1350 g/mol. The number of rotatable bonds is 73. The van der Waals surface area contributed by atoms with Crippen LogP contribution < -0.4 is 0 Å². The molecule has 0 bridgehead atoms. The molecule has 19 heteroatoms. The lowest BCUT2D eigenvalue weighted by atomic mass is 9.99. The van der Waals surface area contributed by atoms with Gasteiger partial charge >= 0.3 is 39.5 Å². The van der Waals surface area contributed by atoms with Crippen LogP contribution in [0.2, 0.25) is 0 Å². The monoisotopic (exact) mass is 1350 g/mol. The summed E-state index contributed by atoms with van der Waals surface area (Å²) < 4.78 is 68.3. The molecule has 0 aliphatic heterocycles. The second-order valence-corrected chi connectivity index (χ2v) is 29.5. The molecule has 3 N–H and O–H groups in total. The third-order valence-corrected chi connectivity index (χ3v) is 19.3. The molecule has 0 aliphatic rings. The Bertz CT molecular complexity index is 1770. The molecule has 0 spiro atoms. The minimum Gasteiger partial charge on any atom is -0.462 e. The summed E-state index contributed by atoms with van der Waals surface area (Å²) in [7, 11) is -9.90. The van der Waals surface area contributed by atoms with Gasteiger partial charge in [-0.3, -0.25) is 37.3 Å². The van der Waals surface area contributed by atoms with Crippen molar-refractivity contribution in [1.82, 2.24) is 0 Å². The Hall–Kier alpha value is -1.94. The molecule has 0 aromatic heterocycles. The second-order valence-electron chi connectivity index (χ2n) is 26.6. The largest absolute Gasteiger partial charge is 0.472 e. The maximum absolute atomic E-state index is 13.1. The molecule has 92 heavy (non-hydrogen) atoms. The van der Waals surface area contributed by atoms with E-state index in [-0.39, 0.29) is 25.7 Å². The number of aliphatic hydroxyl groups is 1. The number of hydrogen-bond donors (Lipinski definition) is 3. The molecule has 0 amide bonds. The first kappa shape index (κ1) is 90.1. The molecule has 0 saturated heterocycles. The van der Waals surface area contributed by atoms with E-state index in [2.05, 4.69) is 34.6 Å². The summed E-state index contributed by atoms with van der Waals surface area (Å²) in [6, 6.07) is 0. The zero-order chi connectivity index (χ0) is 67.7. The van der Waals surface area contributed by atoms with Crippen molar-refractivity contribution in [3.63, 3.8) is 0 Å². The van der Waals surface area contributed by atoms with Gasteiger partial charge in [0.05, 0.1) is 26.4 Å². The van der Waals surface area contributed by atoms with Crippen molar-refractivity contribution < 1.29 is 80.2 Å². The van der Waals surface area contributed by atoms with Crippen molar-refractivity contribution in [3.8, 4) is 0 Å². The molecule has 546 valence electrons. The molecule has 0 fully saturated rings. The highest BCUT2D eigenvalue weighted by Gasteiger charge is 2.30. The van der Waals surface area contributed by atoms with Crippen LogP contribution in [0.25, 0.3) is 0 Å². The number of esters is 4. The van der Waals surface area contributed by atoms with Crippen molar-refractivity contribution in [2.75, 3.05) is 39.6 Å². The van der Waals surface area contributed by atoms with E-state index in [0.29, 0.717) is 25.7 Å². The summed E-state index contributed by atoms with van der Waals surface area (Å²) in [5, 5.41) is 10.6. The molecular weight excluding hydrogens is 1210 g/mol. The van der Waals surface area contributed by atoms with Crippen LogP contribution in [0, 0.1) is 5.92 Å². The lowest BCUT2D eigenvalue weighted by molar-refractivity contribution is -0.161.